The number of nitrogens with one attached hydrogen (secondary N) is 2. The van der Waals surface area contributed by atoms with E-state index in [1.807, 2.05) is 63.8 Å². The second-order valence-electron chi connectivity index (χ2n) is 10.1. The fraction of sp³-hybridized carbons (Fsp3) is 0.577. The highest BCUT2D eigenvalue weighted by molar-refractivity contribution is 5.95. The monoisotopic (exact) mass is 485 g/mol. The van der Waals surface area contributed by atoms with Gasteiger partial charge in [-0.1, -0.05) is 29.8 Å². The average molecular weight is 486 g/mol. The Bertz CT molecular complexity index is 959. The highest BCUT2D eigenvalue weighted by Gasteiger charge is 2.38. The van der Waals surface area contributed by atoms with Crippen LogP contribution in [0.25, 0.3) is 0 Å². The number of hydrogen-bond donors (Lipinski definition) is 2. The Morgan fingerprint density at radius 1 is 1.09 bits per heavy atom. The molecule has 1 atom stereocenters. The van der Waals surface area contributed by atoms with Crippen LogP contribution in [-0.4, -0.2) is 84.1 Å². The molecule has 2 aliphatic heterocycles. The molecule has 0 spiro atoms. The van der Waals surface area contributed by atoms with Gasteiger partial charge in [0.05, 0.1) is 18.2 Å². The molecule has 1 saturated heterocycles. The second-order valence-corrected chi connectivity index (χ2v) is 10.1. The number of amides is 4. The predicted molar refractivity (Wildman–Crippen MR) is 135 cm³/mol. The van der Waals surface area contributed by atoms with Crippen LogP contribution in [0.1, 0.15) is 51.8 Å². The Morgan fingerprint density at radius 3 is 2.26 bits per heavy atom. The molecule has 192 valence electrons. The van der Waals surface area contributed by atoms with Crippen LogP contribution in [-0.2, 0) is 9.53 Å². The SMILES string of the molecule is CCOC(=O)C1=C(CN2CCN(C(=O)NC(C)(C)C)CC2)N(CC)C(=O)NC1c1ccc(C)cc1. The Hall–Kier alpha value is -3.07. The quantitative estimate of drug-likeness (QED) is 0.604. The molecule has 0 aliphatic carbocycles. The molecule has 9 heteroatoms. The lowest BCUT2D eigenvalue weighted by molar-refractivity contribution is -0.139. The van der Waals surface area contributed by atoms with Crippen LogP contribution in [0.4, 0.5) is 9.59 Å². The van der Waals surface area contributed by atoms with E-state index in [4.69, 9.17) is 4.74 Å². The molecule has 0 saturated carbocycles. The van der Waals surface area contributed by atoms with Gasteiger partial charge in [-0.25, -0.2) is 14.4 Å². The molecule has 1 unspecified atom stereocenters. The summed E-state index contributed by atoms with van der Waals surface area (Å²) >= 11 is 0. The molecule has 35 heavy (non-hydrogen) atoms. The minimum Gasteiger partial charge on any atom is -0.463 e. The summed E-state index contributed by atoms with van der Waals surface area (Å²) in [6.07, 6.45) is 0. The van der Waals surface area contributed by atoms with Crippen molar-refractivity contribution in [1.29, 1.82) is 0 Å². The average Bonchev–Trinajstić information content (AvgIpc) is 2.79. The van der Waals surface area contributed by atoms with Crippen molar-refractivity contribution in [3.8, 4) is 0 Å². The molecule has 0 bridgehead atoms. The van der Waals surface area contributed by atoms with Crippen molar-refractivity contribution < 1.29 is 19.1 Å². The first-order chi connectivity index (χ1) is 16.5. The van der Waals surface area contributed by atoms with Gasteiger partial charge < -0.3 is 20.3 Å². The first-order valence-corrected chi connectivity index (χ1v) is 12.4. The molecule has 0 radical (unpaired) electrons. The van der Waals surface area contributed by atoms with Crippen molar-refractivity contribution in [1.82, 2.24) is 25.3 Å². The number of aryl methyl sites for hydroxylation is 1. The molecule has 4 amide bonds. The first-order valence-electron chi connectivity index (χ1n) is 12.4. The highest BCUT2D eigenvalue weighted by atomic mass is 16.5. The van der Waals surface area contributed by atoms with E-state index in [-0.39, 0.29) is 24.2 Å². The maximum Gasteiger partial charge on any atom is 0.338 e. The van der Waals surface area contributed by atoms with E-state index in [9.17, 15) is 14.4 Å². The van der Waals surface area contributed by atoms with Crippen molar-refractivity contribution in [2.75, 3.05) is 45.9 Å². The summed E-state index contributed by atoms with van der Waals surface area (Å²) in [4.78, 5) is 44.4. The normalized spacial score (nSPS) is 19.5. The summed E-state index contributed by atoms with van der Waals surface area (Å²) < 4.78 is 5.44. The van der Waals surface area contributed by atoms with Gasteiger partial charge in [0, 0.05) is 50.5 Å². The number of ether oxygens (including phenoxy) is 1. The zero-order chi connectivity index (χ0) is 25.8. The minimum atomic E-state index is -0.584. The third-order valence-corrected chi connectivity index (χ3v) is 6.18. The zero-order valence-electron chi connectivity index (χ0n) is 21.8. The topological polar surface area (TPSA) is 94.2 Å². The van der Waals surface area contributed by atoms with Crippen molar-refractivity contribution in [3.63, 3.8) is 0 Å². The number of hydrogen-bond acceptors (Lipinski definition) is 5. The molecular formula is C26H39N5O4. The summed E-state index contributed by atoms with van der Waals surface area (Å²) in [5, 5.41) is 6.01. The maximum atomic E-state index is 13.2. The molecule has 2 aliphatic rings. The van der Waals surface area contributed by atoms with Crippen molar-refractivity contribution >= 4 is 18.0 Å². The van der Waals surface area contributed by atoms with Crippen LogP contribution in [0.3, 0.4) is 0 Å². The predicted octanol–water partition coefficient (Wildman–Crippen LogP) is 3.02. The molecule has 9 nitrogen and oxygen atoms in total. The van der Waals surface area contributed by atoms with E-state index in [0.717, 1.165) is 11.1 Å². The molecule has 1 aromatic rings. The molecular weight excluding hydrogens is 446 g/mol. The van der Waals surface area contributed by atoms with Gasteiger partial charge in [-0.05, 0) is 47.1 Å². The lowest BCUT2D eigenvalue weighted by atomic mass is 9.93. The number of urea groups is 2. The van der Waals surface area contributed by atoms with Crippen LogP contribution in [0.2, 0.25) is 0 Å². The Kier molecular flexibility index (Phi) is 8.43. The van der Waals surface area contributed by atoms with E-state index in [2.05, 4.69) is 15.5 Å². The van der Waals surface area contributed by atoms with Crippen molar-refractivity contribution in [2.24, 2.45) is 0 Å². The van der Waals surface area contributed by atoms with Gasteiger partial charge in [0.25, 0.3) is 0 Å². The summed E-state index contributed by atoms with van der Waals surface area (Å²) in [7, 11) is 0. The van der Waals surface area contributed by atoms with E-state index in [0.29, 0.717) is 50.5 Å². The Morgan fingerprint density at radius 2 is 1.71 bits per heavy atom. The zero-order valence-corrected chi connectivity index (χ0v) is 21.8. The van der Waals surface area contributed by atoms with Gasteiger partial charge in [0.1, 0.15) is 0 Å². The van der Waals surface area contributed by atoms with E-state index < -0.39 is 12.0 Å². The van der Waals surface area contributed by atoms with Crippen LogP contribution in [0.15, 0.2) is 35.5 Å². The van der Waals surface area contributed by atoms with Crippen LogP contribution < -0.4 is 10.6 Å². The number of carbonyl (C=O) groups is 3. The van der Waals surface area contributed by atoms with E-state index in [1.165, 1.54) is 0 Å². The van der Waals surface area contributed by atoms with Crippen molar-refractivity contribution in [3.05, 3.63) is 46.7 Å². The van der Waals surface area contributed by atoms with Gasteiger partial charge in [-0.3, -0.25) is 9.80 Å². The number of esters is 1. The molecule has 3 rings (SSSR count). The van der Waals surface area contributed by atoms with Gasteiger partial charge in [-0.15, -0.1) is 0 Å². The van der Waals surface area contributed by atoms with Crippen LogP contribution in [0, 0.1) is 6.92 Å². The van der Waals surface area contributed by atoms with Crippen LogP contribution in [0.5, 0.6) is 0 Å². The largest absolute Gasteiger partial charge is 0.463 e. The molecule has 0 aromatic heterocycles. The van der Waals surface area contributed by atoms with Crippen molar-refractivity contribution in [2.45, 2.75) is 53.1 Å². The van der Waals surface area contributed by atoms with E-state index >= 15 is 0 Å². The minimum absolute atomic E-state index is 0.0738. The second kappa shape index (κ2) is 11.1. The standard InChI is InChI=1S/C26H39N5O4/c1-7-31-20(17-29-13-15-30(16-14-29)25(34)28-26(4,5)6)21(23(32)35-8-2)22(27-24(31)33)19-11-9-18(3)10-12-19/h9-12,22H,7-8,13-17H2,1-6H3,(H,27,33)(H,28,34). The lowest BCUT2D eigenvalue weighted by Gasteiger charge is -2.40. The molecule has 2 N–H and O–H groups in total. The maximum absolute atomic E-state index is 13.2. The number of benzene rings is 1. The number of piperazine rings is 1. The third-order valence-electron chi connectivity index (χ3n) is 6.18. The Balaban J connectivity index is 1.88. The Labute approximate surface area is 208 Å². The summed E-state index contributed by atoms with van der Waals surface area (Å²) in [5.74, 6) is -0.422. The van der Waals surface area contributed by atoms with Gasteiger partial charge in [-0.2, -0.15) is 0 Å². The van der Waals surface area contributed by atoms with Crippen LogP contribution >= 0.6 is 0 Å². The van der Waals surface area contributed by atoms with E-state index in [1.54, 1.807) is 11.8 Å². The smallest absolute Gasteiger partial charge is 0.338 e. The summed E-state index contributed by atoms with van der Waals surface area (Å²) in [6.45, 7) is 15.1. The first kappa shape index (κ1) is 26.5. The van der Waals surface area contributed by atoms with Gasteiger partial charge in [0.15, 0.2) is 0 Å². The summed E-state index contributed by atoms with van der Waals surface area (Å²) in [5.41, 5.74) is 2.76. The molecule has 1 fully saturated rings. The molecule has 1 aromatic carbocycles. The fourth-order valence-corrected chi connectivity index (χ4v) is 4.39. The fourth-order valence-electron chi connectivity index (χ4n) is 4.39. The number of likely N-dealkylation sites (N-methyl/N-ethyl adjacent to an activating group) is 1. The summed E-state index contributed by atoms with van der Waals surface area (Å²) in [6, 6.07) is 6.92. The van der Waals surface area contributed by atoms with Gasteiger partial charge >= 0.3 is 18.0 Å². The highest BCUT2D eigenvalue weighted by Crippen LogP contribution is 2.32. The molecule has 2 heterocycles. The lowest BCUT2D eigenvalue weighted by Crippen LogP contribution is -2.56. The third kappa shape index (κ3) is 6.54. The van der Waals surface area contributed by atoms with Gasteiger partial charge in [0.2, 0.25) is 0 Å². The number of rotatable bonds is 6. The number of carbonyl (C=O) groups excluding carboxylic acids is 3. The number of nitrogens with zero attached hydrogens (tertiary/aromatic N) is 3.